The third kappa shape index (κ3) is 11.3. The van der Waals surface area contributed by atoms with Crippen molar-refractivity contribution in [1.82, 2.24) is 20.9 Å². The largest absolute Gasteiger partial charge is 0.472 e. The number of benzene rings is 2. The molecular weight excluding hydrogens is 716 g/mol. The molecule has 0 bridgehead atoms. The predicted octanol–water partition coefficient (Wildman–Crippen LogP) is 6.87. The zero-order valence-electron chi connectivity index (χ0n) is 27.9. The highest BCUT2D eigenvalue weighted by atomic mass is 35.5. The van der Waals surface area contributed by atoms with Crippen molar-refractivity contribution < 1.29 is 45.3 Å². The van der Waals surface area contributed by atoms with Crippen LogP contribution in [0.4, 0.5) is 36.8 Å². The molecule has 1 fully saturated rings. The Morgan fingerprint density at radius 3 is 2.54 bits per heavy atom. The van der Waals surface area contributed by atoms with Crippen LogP contribution in [0.1, 0.15) is 29.0 Å². The van der Waals surface area contributed by atoms with E-state index in [-0.39, 0.29) is 65.1 Å². The third-order valence-corrected chi connectivity index (χ3v) is 8.30. The van der Waals surface area contributed by atoms with Crippen LogP contribution in [0.25, 0.3) is 0 Å². The Morgan fingerprint density at radius 2 is 1.90 bits per heavy atom. The fourth-order valence-electron chi connectivity index (χ4n) is 5.49. The summed E-state index contributed by atoms with van der Waals surface area (Å²) < 4.78 is 98.3. The number of pyridine rings is 1. The summed E-state index contributed by atoms with van der Waals surface area (Å²) in [7, 11) is 1.14. The second kappa shape index (κ2) is 18.5. The van der Waals surface area contributed by atoms with Crippen LogP contribution >= 0.6 is 11.6 Å². The molecule has 0 radical (unpaired) electrons. The Morgan fingerprint density at radius 1 is 1.12 bits per heavy atom. The van der Waals surface area contributed by atoms with Crippen LogP contribution in [0.5, 0.6) is 0 Å². The number of nitrogens with one attached hydrogen (secondary N) is 4. The number of carbonyl (C=O) groups excluding carboxylic acids is 1. The molecule has 3 aromatic rings. The fraction of sp³-hybridized carbons (Fsp3) is 0.333. The maximum absolute atomic E-state index is 15.4. The third-order valence-electron chi connectivity index (χ3n) is 7.99. The zero-order chi connectivity index (χ0) is 37.8. The molecule has 52 heavy (non-hydrogen) atoms. The first kappa shape index (κ1) is 39.9. The molecule has 0 aliphatic carbocycles. The Hall–Kier alpha value is -4.91. The van der Waals surface area contributed by atoms with Crippen molar-refractivity contribution in [2.75, 3.05) is 38.7 Å². The van der Waals surface area contributed by atoms with E-state index in [1.165, 1.54) is 36.5 Å². The summed E-state index contributed by atoms with van der Waals surface area (Å²) in [4.78, 5) is 16.6. The summed E-state index contributed by atoms with van der Waals surface area (Å²) in [5.41, 5.74) is 6.23. The number of ether oxygens (including phenoxy) is 3. The summed E-state index contributed by atoms with van der Waals surface area (Å²) in [5.74, 6) is -3.23. The molecule has 0 unspecified atom stereocenters. The molecule has 1 aliphatic rings. The summed E-state index contributed by atoms with van der Waals surface area (Å²) in [6.07, 6.45) is -2.79. The average molecular weight is 752 g/mol. The number of halogens is 7. The van der Waals surface area contributed by atoms with Gasteiger partial charge in [0.2, 0.25) is 5.88 Å². The standard InChI is InChI=1S/C36H36ClF6N5O4/c1-4-30(34(48-35(49)50-3)33(22-13-23(38)16-44-15-22)21-9-12-27(37)29(40)14-21)47-31-8-6-7-28(39)26(31)11-10-25-17-45-24(18-51-25)19-52-32(5-2)46-20-36(41,42)43/h6-9,12-16,24-25,33-34,45-47H,1-2,10-11,17-20H2,3H3,(H,48,49)/t24-,25+,33-,34+/m0/s1. The van der Waals surface area contributed by atoms with E-state index >= 15 is 4.39 Å². The molecule has 278 valence electrons. The lowest BCUT2D eigenvalue weighted by molar-refractivity contribution is -0.125. The lowest BCUT2D eigenvalue weighted by Crippen LogP contribution is -2.49. The number of nitrogens with zero attached hydrogens (tertiary/aromatic N) is 1. The van der Waals surface area contributed by atoms with Crippen LogP contribution in [-0.2, 0) is 20.6 Å². The van der Waals surface area contributed by atoms with Crippen molar-refractivity contribution >= 4 is 23.4 Å². The molecule has 1 saturated heterocycles. The molecule has 1 aliphatic heterocycles. The molecule has 0 spiro atoms. The summed E-state index contributed by atoms with van der Waals surface area (Å²) in [5, 5.41) is 10.9. The number of rotatable bonds is 15. The van der Waals surface area contributed by atoms with Crippen molar-refractivity contribution in [2.45, 2.75) is 43.1 Å². The maximum atomic E-state index is 15.4. The van der Waals surface area contributed by atoms with Crippen molar-refractivity contribution in [3.05, 3.63) is 130 Å². The van der Waals surface area contributed by atoms with Gasteiger partial charge in [-0.1, -0.05) is 42.6 Å². The first-order valence-corrected chi connectivity index (χ1v) is 16.2. The Kier molecular flexibility index (Phi) is 14.2. The van der Waals surface area contributed by atoms with E-state index in [1.807, 2.05) is 0 Å². The molecule has 0 saturated carbocycles. The monoisotopic (exact) mass is 751 g/mol. The summed E-state index contributed by atoms with van der Waals surface area (Å²) in [6, 6.07) is 8.03. The minimum absolute atomic E-state index is 0.0103. The van der Waals surface area contributed by atoms with Gasteiger partial charge in [-0.15, -0.1) is 5.73 Å². The topological polar surface area (TPSA) is 106 Å². The Bertz CT molecular complexity index is 1810. The summed E-state index contributed by atoms with van der Waals surface area (Å²) >= 11 is 5.95. The lowest BCUT2D eigenvalue weighted by atomic mass is 9.84. The van der Waals surface area contributed by atoms with Crippen LogP contribution in [0.2, 0.25) is 5.02 Å². The molecule has 2 heterocycles. The van der Waals surface area contributed by atoms with Gasteiger partial charge in [0.25, 0.3) is 0 Å². The number of methoxy groups -OCH3 is 1. The Balaban J connectivity index is 1.51. The smallest absolute Gasteiger partial charge is 0.407 e. The number of amides is 1. The van der Waals surface area contributed by atoms with E-state index in [2.05, 4.69) is 50.9 Å². The highest BCUT2D eigenvalue weighted by molar-refractivity contribution is 6.30. The molecule has 4 N–H and O–H groups in total. The van der Waals surface area contributed by atoms with Gasteiger partial charge in [0.1, 0.15) is 30.6 Å². The summed E-state index contributed by atoms with van der Waals surface area (Å²) in [6.45, 7) is 6.30. The highest BCUT2D eigenvalue weighted by Crippen LogP contribution is 2.34. The zero-order valence-corrected chi connectivity index (χ0v) is 28.6. The molecule has 16 heteroatoms. The van der Waals surface area contributed by atoms with Crippen molar-refractivity contribution in [1.29, 1.82) is 0 Å². The first-order chi connectivity index (χ1) is 24.8. The van der Waals surface area contributed by atoms with E-state index in [1.54, 1.807) is 6.07 Å². The number of morpholine rings is 1. The van der Waals surface area contributed by atoms with Gasteiger partial charge in [-0.2, -0.15) is 13.2 Å². The molecule has 2 aromatic carbocycles. The number of alkyl carbamates (subject to hydrolysis) is 1. The van der Waals surface area contributed by atoms with Gasteiger partial charge < -0.3 is 35.5 Å². The van der Waals surface area contributed by atoms with Gasteiger partial charge >= 0.3 is 12.3 Å². The average Bonchev–Trinajstić information content (AvgIpc) is 3.11. The van der Waals surface area contributed by atoms with Crippen LogP contribution in [-0.4, -0.2) is 68.9 Å². The van der Waals surface area contributed by atoms with Gasteiger partial charge in [-0.05, 0) is 54.3 Å². The van der Waals surface area contributed by atoms with Crippen LogP contribution in [0.3, 0.4) is 0 Å². The van der Waals surface area contributed by atoms with Gasteiger partial charge in [0.05, 0.1) is 48.8 Å². The number of anilines is 1. The molecule has 1 aromatic heterocycles. The number of hydrogen-bond donors (Lipinski definition) is 4. The fourth-order valence-corrected chi connectivity index (χ4v) is 5.61. The van der Waals surface area contributed by atoms with E-state index in [9.17, 15) is 26.7 Å². The van der Waals surface area contributed by atoms with Crippen molar-refractivity contribution in [2.24, 2.45) is 0 Å². The molecule has 1 amide bonds. The first-order valence-electron chi connectivity index (χ1n) is 15.8. The van der Waals surface area contributed by atoms with Crippen molar-refractivity contribution in [3.8, 4) is 0 Å². The van der Waals surface area contributed by atoms with Gasteiger partial charge in [0, 0.05) is 29.9 Å². The van der Waals surface area contributed by atoms with E-state index in [0.717, 1.165) is 19.4 Å². The van der Waals surface area contributed by atoms with Gasteiger partial charge in [-0.3, -0.25) is 4.98 Å². The van der Waals surface area contributed by atoms with E-state index in [4.69, 9.17) is 25.8 Å². The van der Waals surface area contributed by atoms with Crippen LogP contribution < -0.4 is 21.3 Å². The predicted molar refractivity (Wildman–Crippen MR) is 182 cm³/mol. The normalized spacial score (nSPS) is 16.8. The lowest BCUT2D eigenvalue weighted by Gasteiger charge is -2.31. The minimum Gasteiger partial charge on any atom is -0.472 e. The van der Waals surface area contributed by atoms with Gasteiger partial charge in [0.15, 0.2) is 0 Å². The second-order valence-electron chi connectivity index (χ2n) is 11.6. The number of alkyl halides is 3. The maximum Gasteiger partial charge on any atom is 0.407 e. The quantitative estimate of drug-likeness (QED) is 0.0758. The highest BCUT2D eigenvalue weighted by Gasteiger charge is 2.33. The molecule has 4 rings (SSSR count). The molecule has 9 nitrogen and oxygen atoms in total. The minimum atomic E-state index is -4.44. The molecular formula is C36H36ClF6N5O4. The second-order valence-corrected chi connectivity index (χ2v) is 12.0. The number of hydrogen-bond acceptors (Lipinski definition) is 8. The van der Waals surface area contributed by atoms with E-state index < -0.39 is 48.2 Å². The SMILES string of the molecule is C=C=C(NCC(F)(F)F)OC[C@@H]1CO[C@H](CCc2c(F)cccc2NC(=C=C)[C@@H](NC(=O)OC)[C@H](c2cncc(F)c2)c2ccc(Cl)c(F)c2)CN1. The number of aromatic nitrogens is 1. The van der Waals surface area contributed by atoms with Gasteiger partial charge in [-0.25, -0.2) is 18.0 Å². The van der Waals surface area contributed by atoms with Crippen LogP contribution in [0.15, 0.2) is 91.1 Å². The van der Waals surface area contributed by atoms with Crippen molar-refractivity contribution in [3.63, 3.8) is 0 Å². The van der Waals surface area contributed by atoms with Crippen LogP contribution in [0, 0.1) is 17.5 Å². The van der Waals surface area contributed by atoms with E-state index in [0.29, 0.717) is 18.7 Å². The number of carbonyl (C=O) groups is 1. The Labute approximate surface area is 301 Å². The molecule has 4 atom stereocenters.